The van der Waals surface area contributed by atoms with Crippen LogP contribution in [0.2, 0.25) is 0 Å². The van der Waals surface area contributed by atoms with Crippen LogP contribution in [0.15, 0.2) is 24.3 Å². The Bertz CT molecular complexity index is 313. The van der Waals surface area contributed by atoms with Gasteiger partial charge in [0.25, 0.3) is 0 Å². The molecular formula is C17H30N2. The van der Waals surface area contributed by atoms with Gasteiger partial charge in [-0.15, -0.1) is 0 Å². The van der Waals surface area contributed by atoms with Gasteiger partial charge in [0, 0.05) is 25.3 Å². The molecule has 0 aliphatic carbocycles. The fraction of sp³-hybridized carbons (Fsp3) is 0.647. The zero-order valence-corrected chi connectivity index (χ0v) is 12.9. The summed E-state index contributed by atoms with van der Waals surface area (Å²) in [5, 5.41) is 3.49. The lowest BCUT2D eigenvalue weighted by atomic mass is 10.2. The Kier molecular flexibility index (Phi) is 8.31. The van der Waals surface area contributed by atoms with E-state index in [1.54, 1.807) is 0 Å². The monoisotopic (exact) mass is 262 g/mol. The molecule has 1 rings (SSSR count). The molecule has 0 saturated heterocycles. The predicted molar refractivity (Wildman–Crippen MR) is 85.9 cm³/mol. The van der Waals surface area contributed by atoms with E-state index >= 15 is 0 Å². The Morgan fingerprint density at radius 2 is 1.53 bits per heavy atom. The fourth-order valence-corrected chi connectivity index (χ4v) is 2.27. The second kappa shape index (κ2) is 9.85. The molecule has 0 saturated carbocycles. The highest BCUT2D eigenvalue weighted by Gasteiger charge is 2.03. The van der Waals surface area contributed by atoms with E-state index in [1.165, 1.54) is 36.9 Å². The Morgan fingerprint density at radius 1 is 0.895 bits per heavy atom. The van der Waals surface area contributed by atoms with E-state index in [0.29, 0.717) is 0 Å². The highest BCUT2D eigenvalue weighted by Crippen LogP contribution is 2.16. The second-order valence-corrected chi connectivity index (χ2v) is 5.18. The van der Waals surface area contributed by atoms with Crippen LogP contribution >= 0.6 is 0 Å². The minimum atomic E-state index is 0.988. The zero-order valence-electron chi connectivity index (χ0n) is 12.9. The molecule has 1 aromatic rings. The highest BCUT2D eigenvalue weighted by atomic mass is 15.1. The fourth-order valence-electron chi connectivity index (χ4n) is 2.27. The van der Waals surface area contributed by atoms with Gasteiger partial charge in [-0.2, -0.15) is 0 Å². The summed E-state index contributed by atoms with van der Waals surface area (Å²) in [6, 6.07) is 9.05. The van der Waals surface area contributed by atoms with E-state index in [2.05, 4.69) is 55.3 Å². The van der Waals surface area contributed by atoms with Gasteiger partial charge in [0.2, 0.25) is 0 Å². The normalized spacial score (nSPS) is 10.7. The van der Waals surface area contributed by atoms with Crippen LogP contribution in [0.1, 0.15) is 52.0 Å². The first-order chi connectivity index (χ1) is 9.31. The number of unbranched alkanes of at least 4 members (excludes halogenated alkanes) is 1. The predicted octanol–water partition coefficient (Wildman–Crippen LogP) is 4.20. The molecule has 0 bridgehead atoms. The number of hydrogen-bond acceptors (Lipinski definition) is 2. The molecule has 0 aromatic heterocycles. The molecule has 0 unspecified atom stereocenters. The highest BCUT2D eigenvalue weighted by molar-refractivity contribution is 5.47. The first kappa shape index (κ1) is 16.0. The summed E-state index contributed by atoms with van der Waals surface area (Å²) in [4.78, 5) is 2.48. The summed E-state index contributed by atoms with van der Waals surface area (Å²) >= 11 is 0. The van der Waals surface area contributed by atoms with Gasteiger partial charge in [0.05, 0.1) is 0 Å². The van der Waals surface area contributed by atoms with Gasteiger partial charge in [-0.05, 0) is 43.5 Å². The van der Waals surface area contributed by atoms with Crippen LogP contribution in [0.25, 0.3) is 0 Å². The van der Waals surface area contributed by atoms with Crippen molar-refractivity contribution in [3.05, 3.63) is 29.8 Å². The van der Waals surface area contributed by atoms with Crippen LogP contribution in [0.3, 0.4) is 0 Å². The van der Waals surface area contributed by atoms with E-state index in [9.17, 15) is 0 Å². The molecule has 0 amide bonds. The average molecular weight is 262 g/mol. The lowest BCUT2D eigenvalue weighted by molar-refractivity contribution is 0.641. The standard InChI is InChI=1S/C17H30N2/c1-4-7-12-18-15-16-8-10-17(11-9-16)19(13-5-2)14-6-3/h8-11,18H,4-7,12-15H2,1-3H3. The van der Waals surface area contributed by atoms with Gasteiger partial charge < -0.3 is 10.2 Å². The molecule has 0 radical (unpaired) electrons. The number of hydrogen-bond donors (Lipinski definition) is 1. The SMILES string of the molecule is CCCCNCc1ccc(N(CCC)CCC)cc1. The molecular weight excluding hydrogens is 232 g/mol. The quantitative estimate of drug-likeness (QED) is 0.636. The van der Waals surface area contributed by atoms with E-state index in [-0.39, 0.29) is 0 Å². The summed E-state index contributed by atoms with van der Waals surface area (Å²) in [6.07, 6.45) is 4.94. The van der Waals surface area contributed by atoms with Crippen molar-refractivity contribution in [2.45, 2.75) is 53.0 Å². The summed E-state index contributed by atoms with van der Waals surface area (Å²) < 4.78 is 0. The maximum Gasteiger partial charge on any atom is 0.0366 e. The van der Waals surface area contributed by atoms with E-state index < -0.39 is 0 Å². The van der Waals surface area contributed by atoms with Crippen molar-refractivity contribution in [3.8, 4) is 0 Å². The third kappa shape index (κ3) is 6.11. The molecule has 108 valence electrons. The van der Waals surface area contributed by atoms with Crippen LogP contribution in [0, 0.1) is 0 Å². The third-order valence-corrected chi connectivity index (χ3v) is 3.32. The summed E-state index contributed by atoms with van der Waals surface area (Å²) in [6.45, 7) is 11.1. The van der Waals surface area contributed by atoms with Crippen molar-refractivity contribution in [3.63, 3.8) is 0 Å². The number of nitrogens with one attached hydrogen (secondary N) is 1. The van der Waals surface area contributed by atoms with Crippen LogP contribution in [0.4, 0.5) is 5.69 Å². The lowest BCUT2D eigenvalue weighted by Crippen LogP contribution is -2.24. The number of anilines is 1. The molecule has 1 aromatic carbocycles. The topological polar surface area (TPSA) is 15.3 Å². The van der Waals surface area contributed by atoms with Crippen molar-refractivity contribution in [1.29, 1.82) is 0 Å². The van der Waals surface area contributed by atoms with Gasteiger partial charge in [0.15, 0.2) is 0 Å². The van der Waals surface area contributed by atoms with Crippen molar-refractivity contribution in [1.82, 2.24) is 5.32 Å². The molecule has 2 nitrogen and oxygen atoms in total. The zero-order chi connectivity index (χ0) is 13.9. The summed E-state index contributed by atoms with van der Waals surface area (Å²) in [5.41, 5.74) is 2.74. The number of benzene rings is 1. The van der Waals surface area contributed by atoms with Gasteiger partial charge in [-0.25, -0.2) is 0 Å². The van der Waals surface area contributed by atoms with Crippen molar-refractivity contribution in [2.75, 3.05) is 24.5 Å². The van der Waals surface area contributed by atoms with Crippen LogP contribution in [-0.4, -0.2) is 19.6 Å². The number of rotatable bonds is 10. The van der Waals surface area contributed by atoms with E-state index in [4.69, 9.17) is 0 Å². The smallest absolute Gasteiger partial charge is 0.0366 e. The third-order valence-electron chi connectivity index (χ3n) is 3.32. The van der Waals surface area contributed by atoms with Crippen molar-refractivity contribution >= 4 is 5.69 Å². The molecule has 0 aliphatic rings. The van der Waals surface area contributed by atoms with Crippen molar-refractivity contribution in [2.24, 2.45) is 0 Å². The van der Waals surface area contributed by atoms with Gasteiger partial charge in [-0.3, -0.25) is 0 Å². The van der Waals surface area contributed by atoms with Crippen LogP contribution in [0.5, 0.6) is 0 Å². The summed E-state index contributed by atoms with van der Waals surface area (Å²) in [7, 11) is 0. The van der Waals surface area contributed by atoms with E-state index in [1.807, 2.05) is 0 Å². The Labute approximate surface area is 119 Å². The molecule has 1 N–H and O–H groups in total. The van der Waals surface area contributed by atoms with Gasteiger partial charge in [-0.1, -0.05) is 39.3 Å². The maximum absolute atomic E-state index is 3.49. The minimum Gasteiger partial charge on any atom is -0.372 e. The first-order valence-electron chi connectivity index (χ1n) is 7.86. The molecule has 0 aliphatic heterocycles. The van der Waals surface area contributed by atoms with E-state index in [0.717, 1.165) is 26.2 Å². The molecule has 0 atom stereocenters. The van der Waals surface area contributed by atoms with Crippen LogP contribution in [-0.2, 0) is 6.54 Å². The largest absolute Gasteiger partial charge is 0.372 e. The molecule has 0 fully saturated rings. The maximum atomic E-state index is 3.49. The van der Waals surface area contributed by atoms with Gasteiger partial charge >= 0.3 is 0 Å². The Morgan fingerprint density at radius 3 is 2.05 bits per heavy atom. The lowest BCUT2D eigenvalue weighted by Gasteiger charge is -2.24. The van der Waals surface area contributed by atoms with Crippen LogP contribution < -0.4 is 10.2 Å². The first-order valence-corrected chi connectivity index (χ1v) is 7.86. The van der Waals surface area contributed by atoms with Crippen molar-refractivity contribution < 1.29 is 0 Å². The minimum absolute atomic E-state index is 0.988. The number of nitrogens with zero attached hydrogens (tertiary/aromatic N) is 1. The Hall–Kier alpha value is -1.02. The Balaban J connectivity index is 2.49. The molecule has 0 heterocycles. The molecule has 19 heavy (non-hydrogen) atoms. The van der Waals surface area contributed by atoms with Gasteiger partial charge in [0.1, 0.15) is 0 Å². The molecule has 0 spiro atoms. The molecule has 2 heteroatoms. The average Bonchev–Trinajstić information content (AvgIpc) is 2.44. The summed E-state index contributed by atoms with van der Waals surface area (Å²) in [5.74, 6) is 0. The second-order valence-electron chi connectivity index (χ2n) is 5.18.